The number of hydrogen-bond donors (Lipinski definition) is 3. The molecule has 0 heterocycles. The van der Waals surface area contributed by atoms with Crippen molar-refractivity contribution < 1.29 is 29.5 Å². The summed E-state index contributed by atoms with van der Waals surface area (Å²) in [4.78, 5) is 34.5. The Bertz CT molecular complexity index is 849. The number of hydrogen-bond acceptors (Lipinski definition) is 7. The Balaban J connectivity index is 2.19. The zero-order chi connectivity index (χ0) is 20.0. The zero-order valence-corrected chi connectivity index (χ0v) is 14.4. The van der Waals surface area contributed by atoms with Crippen LogP contribution in [0.4, 0.5) is 5.69 Å². The van der Waals surface area contributed by atoms with Crippen LogP contribution in [0.5, 0.6) is 11.5 Å². The summed E-state index contributed by atoms with van der Waals surface area (Å²) in [5, 5.41) is 32.2. The number of carbonyl (C=O) groups excluding carboxylic acids is 2. The number of ether oxygens (including phenoxy) is 1. The van der Waals surface area contributed by atoms with Gasteiger partial charge in [0.1, 0.15) is 11.8 Å². The van der Waals surface area contributed by atoms with Crippen molar-refractivity contribution in [2.75, 3.05) is 6.61 Å². The van der Waals surface area contributed by atoms with Crippen molar-refractivity contribution in [3.63, 3.8) is 0 Å². The van der Waals surface area contributed by atoms with Crippen LogP contribution in [0.3, 0.4) is 0 Å². The first-order chi connectivity index (χ1) is 12.8. The van der Waals surface area contributed by atoms with E-state index >= 15 is 0 Å². The topological polar surface area (TPSA) is 139 Å². The van der Waals surface area contributed by atoms with Crippen LogP contribution >= 0.6 is 0 Å². The van der Waals surface area contributed by atoms with Gasteiger partial charge >= 0.3 is 11.7 Å². The fourth-order valence-electron chi connectivity index (χ4n) is 2.36. The van der Waals surface area contributed by atoms with Gasteiger partial charge in [0, 0.05) is 18.1 Å². The molecule has 2 rings (SSSR count). The molecule has 0 spiro atoms. The normalized spacial score (nSPS) is 11.4. The van der Waals surface area contributed by atoms with Crippen LogP contribution < -0.4 is 5.32 Å². The van der Waals surface area contributed by atoms with Crippen molar-refractivity contribution in [1.29, 1.82) is 0 Å². The average molecular weight is 374 g/mol. The van der Waals surface area contributed by atoms with Crippen molar-refractivity contribution in [2.45, 2.75) is 19.4 Å². The number of amides is 1. The summed E-state index contributed by atoms with van der Waals surface area (Å²) in [5.74, 6) is -1.93. The molecule has 1 amide bonds. The molecular weight excluding hydrogens is 356 g/mol. The number of nitro benzene ring substituents is 1. The number of rotatable bonds is 7. The number of nitro groups is 1. The zero-order valence-electron chi connectivity index (χ0n) is 14.4. The highest BCUT2D eigenvalue weighted by atomic mass is 16.6. The molecule has 0 saturated heterocycles. The third-order valence-corrected chi connectivity index (χ3v) is 3.69. The maximum Gasteiger partial charge on any atom is 0.328 e. The molecule has 0 aliphatic rings. The van der Waals surface area contributed by atoms with Gasteiger partial charge < -0.3 is 20.3 Å². The smallest absolute Gasteiger partial charge is 0.328 e. The van der Waals surface area contributed by atoms with Crippen molar-refractivity contribution in [1.82, 2.24) is 5.32 Å². The average Bonchev–Trinajstić information content (AvgIpc) is 2.62. The van der Waals surface area contributed by atoms with E-state index in [0.29, 0.717) is 5.56 Å². The highest BCUT2D eigenvalue weighted by Gasteiger charge is 2.24. The molecule has 1 atom stereocenters. The Labute approximate surface area is 154 Å². The van der Waals surface area contributed by atoms with E-state index in [9.17, 15) is 29.9 Å². The van der Waals surface area contributed by atoms with Crippen LogP contribution in [0, 0.1) is 10.1 Å². The molecule has 0 aliphatic carbocycles. The molecule has 0 radical (unpaired) electrons. The molecule has 0 unspecified atom stereocenters. The van der Waals surface area contributed by atoms with Gasteiger partial charge in [-0.3, -0.25) is 14.9 Å². The number of carbonyl (C=O) groups is 2. The minimum absolute atomic E-state index is 0.0434. The molecule has 0 aromatic heterocycles. The SMILES string of the molecule is CCOC(=O)[C@H](Cc1ccc(O)cc1)NC(=O)c1ccc([N+](=O)[O-])c(O)c1. The summed E-state index contributed by atoms with van der Waals surface area (Å²) in [6, 6.07) is 8.23. The van der Waals surface area contributed by atoms with Crippen LogP contribution in [0.25, 0.3) is 0 Å². The van der Waals surface area contributed by atoms with E-state index in [4.69, 9.17) is 4.74 Å². The second kappa shape index (κ2) is 8.65. The van der Waals surface area contributed by atoms with Crippen LogP contribution in [-0.4, -0.2) is 39.7 Å². The number of phenols is 2. The first kappa shape index (κ1) is 19.7. The van der Waals surface area contributed by atoms with Crippen LogP contribution in [-0.2, 0) is 16.0 Å². The lowest BCUT2D eigenvalue weighted by atomic mass is 10.0. The van der Waals surface area contributed by atoms with Gasteiger partial charge in [-0.1, -0.05) is 12.1 Å². The van der Waals surface area contributed by atoms with E-state index in [-0.39, 0.29) is 24.3 Å². The third kappa shape index (κ3) is 5.18. The summed E-state index contributed by atoms with van der Waals surface area (Å²) in [7, 11) is 0. The lowest BCUT2D eigenvalue weighted by molar-refractivity contribution is -0.385. The first-order valence-corrected chi connectivity index (χ1v) is 8.04. The van der Waals surface area contributed by atoms with Gasteiger partial charge in [0.2, 0.25) is 0 Å². The van der Waals surface area contributed by atoms with Crippen molar-refractivity contribution in [2.24, 2.45) is 0 Å². The Morgan fingerprint density at radius 1 is 1.19 bits per heavy atom. The molecule has 9 nitrogen and oxygen atoms in total. The van der Waals surface area contributed by atoms with Crippen molar-refractivity contribution >= 4 is 17.6 Å². The van der Waals surface area contributed by atoms with Gasteiger partial charge in [-0.2, -0.15) is 0 Å². The number of nitrogens with one attached hydrogen (secondary N) is 1. The molecule has 0 bridgehead atoms. The summed E-state index contributed by atoms with van der Waals surface area (Å²) < 4.78 is 4.97. The number of nitrogens with zero attached hydrogens (tertiary/aromatic N) is 1. The fourth-order valence-corrected chi connectivity index (χ4v) is 2.36. The van der Waals surface area contributed by atoms with Gasteiger partial charge in [-0.15, -0.1) is 0 Å². The molecule has 0 fully saturated rings. The molecule has 0 aliphatic heterocycles. The second-order valence-corrected chi connectivity index (χ2v) is 5.61. The number of phenolic OH excluding ortho intramolecular Hbond substituents is 2. The molecule has 142 valence electrons. The van der Waals surface area contributed by atoms with E-state index in [0.717, 1.165) is 12.1 Å². The largest absolute Gasteiger partial charge is 0.508 e. The Morgan fingerprint density at radius 3 is 2.41 bits per heavy atom. The minimum atomic E-state index is -1.01. The number of benzene rings is 2. The van der Waals surface area contributed by atoms with Crippen molar-refractivity contribution in [3.8, 4) is 11.5 Å². The highest BCUT2D eigenvalue weighted by Crippen LogP contribution is 2.26. The molecule has 9 heteroatoms. The van der Waals surface area contributed by atoms with E-state index in [1.807, 2.05) is 0 Å². The van der Waals surface area contributed by atoms with Crippen molar-refractivity contribution in [3.05, 3.63) is 63.7 Å². The van der Waals surface area contributed by atoms with Gasteiger partial charge in [-0.05, 0) is 36.8 Å². The maximum atomic E-state index is 12.4. The Hall–Kier alpha value is -3.62. The number of esters is 1. The fraction of sp³-hybridized carbons (Fsp3) is 0.222. The lowest BCUT2D eigenvalue weighted by Crippen LogP contribution is -2.43. The van der Waals surface area contributed by atoms with E-state index in [2.05, 4.69) is 5.32 Å². The Morgan fingerprint density at radius 2 is 1.85 bits per heavy atom. The molecule has 2 aromatic carbocycles. The predicted molar refractivity (Wildman–Crippen MR) is 94.5 cm³/mol. The summed E-state index contributed by atoms with van der Waals surface area (Å²) in [5.41, 5.74) is 0.105. The molecular formula is C18H18N2O7. The van der Waals surface area contributed by atoms with Crippen LogP contribution in [0.15, 0.2) is 42.5 Å². The summed E-state index contributed by atoms with van der Waals surface area (Å²) >= 11 is 0. The Kier molecular flexibility index (Phi) is 6.32. The standard InChI is InChI=1S/C18H18N2O7/c1-2-27-18(24)14(9-11-3-6-13(21)7-4-11)19-17(23)12-5-8-15(20(25)26)16(22)10-12/h3-8,10,14,21-22H,2,9H2,1H3,(H,19,23)/t14-/m0/s1. The first-order valence-electron chi connectivity index (χ1n) is 8.04. The lowest BCUT2D eigenvalue weighted by Gasteiger charge is -2.17. The minimum Gasteiger partial charge on any atom is -0.508 e. The summed E-state index contributed by atoms with van der Waals surface area (Å²) in [6.45, 7) is 1.75. The van der Waals surface area contributed by atoms with E-state index in [1.165, 1.54) is 18.2 Å². The van der Waals surface area contributed by atoms with Gasteiger partial charge in [0.15, 0.2) is 5.75 Å². The van der Waals surface area contributed by atoms with Crippen LogP contribution in [0.1, 0.15) is 22.8 Å². The highest BCUT2D eigenvalue weighted by molar-refractivity contribution is 5.97. The molecule has 27 heavy (non-hydrogen) atoms. The molecule has 0 saturated carbocycles. The van der Waals surface area contributed by atoms with Gasteiger partial charge in [0.25, 0.3) is 5.91 Å². The summed E-state index contributed by atoms with van der Waals surface area (Å²) in [6.07, 6.45) is 0.115. The monoisotopic (exact) mass is 374 g/mol. The third-order valence-electron chi connectivity index (χ3n) is 3.69. The molecule has 2 aromatic rings. The van der Waals surface area contributed by atoms with Gasteiger partial charge in [-0.25, -0.2) is 4.79 Å². The van der Waals surface area contributed by atoms with Crippen LogP contribution in [0.2, 0.25) is 0 Å². The van der Waals surface area contributed by atoms with E-state index < -0.39 is 34.3 Å². The second-order valence-electron chi connectivity index (χ2n) is 5.61. The van der Waals surface area contributed by atoms with E-state index in [1.54, 1.807) is 19.1 Å². The maximum absolute atomic E-state index is 12.4. The van der Waals surface area contributed by atoms with Gasteiger partial charge in [0.05, 0.1) is 11.5 Å². The quantitative estimate of drug-likeness (QED) is 0.382. The number of aromatic hydroxyl groups is 2. The molecule has 3 N–H and O–H groups in total. The predicted octanol–water partition coefficient (Wildman–Crippen LogP) is 1.91.